The second-order valence-electron chi connectivity index (χ2n) is 6.74. The Kier molecular flexibility index (Phi) is 5.67. The van der Waals surface area contributed by atoms with Gasteiger partial charge >= 0.3 is 0 Å². The first kappa shape index (κ1) is 18.5. The van der Waals surface area contributed by atoms with E-state index in [1.807, 2.05) is 38.2 Å². The van der Waals surface area contributed by atoms with Crippen LogP contribution in [-0.2, 0) is 4.79 Å². The molecule has 0 radical (unpaired) electrons. The van der Waals surface area contributed by atoms with Gasteiger partial charge in [-0.2, -0.15) is 0 Å². The molecule has 1 aliphatic heterocycles. The van der Waals surface area contributed by atoms with Crippen LogP contribution < -0.4 is 0 Å². The molecule has 0 spiro atoms. The highest BCUT2D eigenvalue weighted by Gasteiger charge is 2.32. The standard InChI is InChI=1S/C20H23ClN2O3/c1-14(15-7-9-17(21)10-8-15)22(2)19(24)16-5-3-11-23(13-16)20(25)18-6-4-12-26-18/h4,6-10,12,14,16H,3,5,11,13H2,1-2H3/t14-,16+/m1/s1. The Bertz CT molecular complexity index is 758. The average molecular weight is 375 g/mol. The molecular formula is C20H23ClN2O3. The number of halogens is 1. The van der Waals surface area contributed by atoms with E-state index in [1.54, 1.807) is 21.9 Å². The van der Waals surface area contributed by atoms with Crippen molar-refractivity contribution < 1.29 is 14.0 Å². The number of hydrogen-bond acceptors (Lipinski definition) is 3. The molecule has 5 nitrogen and oxygen atoms in total. The molecule has 6 heteroatoms. The van der Waals surface area contributed by atoms with Crippen molar-refractivity contribution in [2.24, 2.45) is 5.92 Å². The van der Waals surface area contributed by atoms with Crippen molar-refractivity contribution >= 4 is 23.4 Å². The summed E-state index contributed by atoms with van der Waals surface area (Å²) in [5, 5.41) is 0.675. The molecule has 0 bridgehead atoms. The first-order valence-corrected chi connectivity index (χ1v) is 9.20. The number of hydrogen-bond donors (Lipinski definition) is 0. The van der Waals surface area contributed by atoms with Crippen LogP contribution in [0.2, 0.25) is 5.02 Å². The molecule has 1 aromatic carbocycles. The monoisotopic (exact) mass is 374 g/mol. The van der Waals surface area contributed by atoms with Crippen LogP contribution in [0.25, 0.3) is 0 Å². The van der Waals surface area contributed by atoms with Gasteiger partial charge < -0.3 is 14.2 Å². The summed E-state index contributed by atoms with van der Waals surface area (Å²) in [7, 11) is 1.81. The Hall–Kier alpha value is -2.27. The molecular weight excluding hydrogens is 352 g/mol. The molecule has 0 saturated carbocycles. The minimum absolute atomic E-state index is 0.0593. The molecule has 1 saturated heterocycles. The molecule has 1 aromatic heterocycles. The predicted molar refractivity (Wildman–Crippen MR) is 100.0 cm³/mol. The van der Waals surface area contributed by atoms with Gasteiger partial charge in [0, 0.05) is 25.2 Å². The van der Waals surface area contributed by atoms with Gasteiger partial charge in [-0.15, -0.1) is 0 Å². The van der Waals surface area contributed by atoms with Crippen molar-refractivity contribution in [2.75, 3.05) is 20.1 Å². The minimum Gasteiger partial charge on any atom is -0.459 e. The van der Waals surface area contributed by atoms with E-state index < -0.39 is 0 Å². The van der Waals surface area contributed by atoms with Gasteiger partial charge in [-0.05, 0) is 49.6 Å². The van der Waals surface area contributed by atoms with Crippen LogP contribution >= 0.6 is 11.6 Å². The third-order valence-electron chi connectivity index (χ3n) is 5.07. The molecule has 0 aliphatic carbocycles. The number of rotatable bonds is 4. The lowest BCUT2D eigenvalue weighted by molar-refractivity contribution is -0.137. The Morgan fingerprint density at radius 1 is 1.27 bits per heavy atom. The van der Waals surface area contributed by atoms with Gasteiger partial charge in [-0.1, -0.05) is 23.7 Å². The summed E-state index contributed by atoms with van der Waals surface area (Å²) >= 11 is 5.94. The van der Waals surface area contributed by atoms with Crippen LogP contribution in [0, 0.1) is 5.92 Å². The zero-order valence-electron chi connectivity index (χ0n) is 15.0. The van der Waals surface area contributed by atoms with E-state index in [2.05, 4.69) is 0 Å². The minimum atomic E-state index is -0.192. The lowest BCUT2D eigenvalue weighted by Crippen LogP contribution is -2.46. The lowest BCUT2D eigenvalue weighted by atomic mass is 9.95. The second-order valence-corrected chi connectivity index (χ2v) is 7.18. The molecule has 0 unspecified atom stereocenters. The zero-order chi connectivity index (χ0) is 18.7. The zero-order valence-corrected chi connectivity index (χ0v) is 15.8. The third-order valence-corrected chi connectivity index (χ3v) is 5.32. The quantitative estimate of drug-likeness (QED) is 0.812. The summed E-state index contributed by atoms with van der Waals surface area (Å²) in [5.41, 5.74) is 1.03. The summed E-state index contributed by atoms with van der Waals surface area (Å²) in [6.07, 6.45) is 3.09. The van der Waals surface area contributed by atoms with Crippen molar-refractivity contribution in [3.05, 3.63) is 59.0 Å². The molecule has 1 fully saturated rings. The number of amides is 2. The van der Waals surface area contributed by atoms with Crippen LogP contribution in [-0.4, -0.2) is 41.8 Å². The van der Waals surface area contributed by atoms with Gasteiger partial charge in [0.1, 0.15) is 0 Å². The number of nitrogens with zero attached hydrogens (tertiary/aromatic N) is 2. The molecule has 2 atom stereocenters. The normalized spacial score (nSPS) is 18.4. The second kappa shape index (κ2) is 7.96. The van der Waals surface area contributed by atoms with Crippen LogP contribution in [0.1, 0.15) is 41.9 Å². The lowest BCUT2D eigenvalue weighted by Gasteiger charge is -2.35. The fourth-order valence-corrected chi connectivity index (χ4v) is 3.49. The van der Waals surface area contributed by atoms with Crippen molar-refractivity contribution in [3.63, 3.8) is 0 Å². The Labute approximate surface area is 158 Å². The Balaban J connectivity index is 1.66. The van der Waals surface area contributed by atoms with Gasteiger partial charge in [-0.25, -0.2) is 0 Å². The van der Waals surface area contributed by atoms with Gasteiger partial charge in [0.05, 0.1) is 18.2 Å². The summed E-state index contributed by atoms with van der Waals surface area (Å²) in [6.45, 7) is 3.07. The number of piperidine rings is 1. The van der Waals surface area contributed by atoms with Crippen molar-refractivity contribution in [1.29, 1.82) is 0 Å². The molecule has 138 valence electrons. The van der Waals surface area contributed by atoms with E-state index in [-0.39, 0.29) is 23.8 Å². The van der Waals surface area contributed by atoms with Gasteiger partial charge in [0.15, 0.2) is 5.76 Å². The summed E-state index contributed by atoms with van der Waals surface area (Å²) in [4.78, 5) is 28.9. The van der Waals surface area contributed by atoms with E-state index in [0.29, 0.717) is 23.9 Å². The molecule has 3 rings (SSSR count). The van der Waals surface area contributed by atoms with Crippen molar-refractivity contribution in [3.8, 4) is 0 Å². The largest absolute Gasteiger partial charge is 0.459 e. The smallest absolute Gasteiger partial charge is 0.289 e. The number of furan rings is 1. The van der Waals surface area contributed by atoms with Gasteiger partial charge in [0.2, 0.25) is 5.91 Å². The van der Waals surface area contributed by atoms with Crippen LogP contribution in [0.15, 0.2) is 47.1 Å². The molecule has 2 aromatic rings. The summed E-state index contributed by atoms with van der Waals surface area (Å²) < 4.78 is 5.20. The number of benzene rings is 1. The van der Waals surface area contributed by atoms with Crippen LogP contribution in [0.4, 0.5) is 0 Å². The van der Waals surface area contributed by atoms with E-state index >= 15 is 0 Å². The molecule has 2 heterocycles. The molecule has 26 heavy (non-hydrogen) atoms. The first-order chi connectivity index (χ1) is 12.5. The number of carbonyl (C=O) groups is 2. The predicted octanol–water partition coefficient (Wildman–Crippen LogP) is 4.00. The number of likely N-dealkylation sites (tertiary alicyclic amines) is 1. The van der Waals surface area contributed by atoms with Crippen molar-refractivity contribution in [1.82, 2.24) is 9.80 Å². The maximum absolute atomic E-state index is 13.0. The van der Waals surface area contributed by atoms with E-state index in [0.717, 1.165) is 18.4 Å². The SMILES string of the molecule is C[C@H](c1ccc(Cl)cc1)N(C)C(=O)[C@H]1CCCN(C(=O)c2ccco2)C1. The Morgan fingerprint density at radius 3 is 2.65 bits per heavy atom. The highest BCUT2D eigenvalue weighted by atomic mass is 35.5. The molecule has 0 N–H and O–H groups in total. The van der Waals surface area contributed by atoms with Crippen LogP contribution in [0.5, 0.6) is 0 Å². The van der Waals surface area contributed by atoms with Crippen molar-refractivity contribution in [2.45, 2.75) is 25.8 Å². The summed E-state index contributed by atoms with van der Waals surface area (Å²) in [6, 6.07) is 10.8. The molecule has 2 amide bonds. The fraction of sp³-hybridized carbons (Fsp3) is 0.400. The number of carbonyl (C=O) groups excluding carboxylic acids is 2. The average Bonchev–Trinajstić information content (AvgIpc) is 3.21. The van der Waals surface area contributed by atoms with E-state index in [1.165, 1.54) is 6.26 Å². The maximum Gasteiger partial charge on any atom is 0.289 e. The van der Waals surface area contributed by atoms with E-state index in [9.17, 15) is 9.59 Å². The Morgan fingerprint density at radius 2 is 2.00 bits per heavy atom. The maximum atomic E-state index is 13.0. The third kappa shape index (κ3) is 3.93. The van der Waals surface area contributed by atoms with Gasteiger partial charge in [-0.3, -0.25) is 9.59 Å². The van der Waals surface area contributed by atoms with Crippen LogP contribution in [0.3, 0.4) is 0 Å². The molecule has 1 aliphatic rings. The fourth-order valence-electron chi connectivity index (χ4n) is 3.36. The first-order valence-electron chi connectivity index (χ1n) is 8.82. The topological polar surface area (TPSA) is 53.8 Å². The van der Waals surface area contributed by atoms with E-state index in [4.69, 9.17) is 16.0 Å². The highest BCUT2D eigenvalue weighted by molar-refractivity contribution is 6.30. The van der Waals surface area contributed by atoms with Gasteiger partial charge in [0.25, 0.3) is 5.91 Å². The summed E-state index contributed by atoms with van der Waals surface area (Å²) in [5.74, 6) is 0.0358. The highest BCUT2D eigenvalue weighted by Crippen LogP contribution is 2.26.